The number of nitrogens with two attached hydrogens (primary N) is 1. The van der Waals surface area contributed by atoms with E-state index in [1.165, 1.54) is 19.3 Å². The fraction of sp³-hybridized carbons (Fsp3) is 0.438. The molecule has 1 aromatic heterocycles. The van der Waals surface area contributed by atoms with Crippen LogP contribution in [-0.2, 0) is 6.54 Å². The second-order valence-corrected chi connectivity index (χ2v) is 5.49. The van der Waals surface area contributed by atoms with E-state index in [4.69, 9.17) is 5.73 Å². The van der Waals surface area contributed by atoms with Gasteiger partial charge in [-0.1, -0.05) is 31.5 Å². The highest BCUT2D eigenvalue weighted by Gasteiger charge is 2.35. The molecule has 3 rings (SSSR count). The zero-order valence-electron chi connectivity index (χ0n) is 11.4. The average Bonchev–Trinajstić information content (AvgIpc) is 3.15. The summed E-state index contributed by atoms with van der Waals surface area (Å²) in [7, 11) is 0. The molecule has 1 fully saturated rings. The number of pyridine rings is 1. The fourth-order valence-electron chi connectivity index (χ4n) is 2.77. The highest BCUT2D eigenvalue weighted by Crippen LogP contribution is 2.34. The average molecular weight is 255 g/mol. The van der Waals surface area contributed by atoms with Crippen molar-refractivity contribution < 1.29 is 0 Å². The van der Waals surface area contributed by atoms with Gasteiger partial charge in [0.2, 0.25) is 0 Å². The lowest BCUT2D eigenvalue weighted by molar-refractivity contribution is 0.595. The van der Waals surface area contributed by atoms with Gasteiger partial charge in [-0.05, 0) is 30.9 Å². The molecular formula is C16H21N3. The van der Waals surface area contributed by atoms with E-state index in [0.29, 0.717) is 6.04 Å². The molecule has 1 heterocycles. The zero-order valence-corrected chi connectivity index (χ0v) is 11.4. The molecule has 0 amide bonds. The van der Waals surface area contributed by atoms with E-state index in [0.717, 1.165) is 34.7 Å². The molecule has 2 atom stereocenters. The van der Waals surface area contributed by atoms with E-state index in [1.54, 1.807) is 0 Å². The van der Waals surface area contributed by atoms with Crippen LogP contribution in [0.4, 0.5) is 5.69 Å². The van der Waals surface area contributed by atoms with Crippen molar-refractivity contribution >= 4 is 16.6 Å². The van der Waals surface area contributed by atoms with Gasteiger partial charge in [0.05, 0.1) is 11.2 Å². The molecule has 19 heavy (non-hydrogen) atoms. The van der Waals surface area contributed by atoms with Gasteiger partial charge in [-0.2, -0.15) is 0 Å². The Balaban J connectivity index is 1.68. The van der Waals surface area contributed by atoms with Crippen LogP contribution in [0.5, 0.6) is 0 Å². The molecule has 3 N–H and O–H groups in total. The van der Waals surface area contributed by atoms with Crippen molar-refractivity contribution in [3.63, 3.8) is 0 Å². The summed E-state index contributed by atoms with van der Waals surface area (Å²) in [6, 6.07) is 10.7. The van der Waals surface area contributed by atoms with Gasteiger partial charge in [0, 0.05) is 23.7 Å². The first-order chi connectivity index (χ1) is 9.28. The quantitative estimate of drug-likeness (QED) is 0.863. The van der Waals surface area contributed by atoms with Crippen molar-refractivity contribution in [3.8, 4) is 0 Å². The molecule has 0 aliphatic heterocycles. The largest absolute Gasteiger partial charge is 0.398 e. The number of hydrogen-bond donors (Lipinski definition) is 2. The molecule has 0 radical (unpaired) electrons. The molecular weight excluding hydrogens is 234 g/mol. The number of para-hydroxylation sites is 1. The third-order valence-electron chi connectivity index (χ3n) is 3.93. The van der Waals surface area contributed by atoms with Crippen molar-refractivity contribution in [3.05, 3.63) is 36.0 Å². The lowest BCUT2D eigenvalue weighted by atomic mass is 10.1. The number of benzene rings is 1. The Morgan fingerprint density at radius 3 is 3.05 bits per heavy atom. The van der Waals surface area contributed by atoms with Crippen molar-refractivity contribution in [1.29, 1.82) is 0 Å². The maximum Gasteiger partial charge on any atom is 0.0726 e. The minimum atomic E-state index is 0.689. The Morgan fingerprint density at radius 1 is 1.37 bits per heavy atom. The Kier molecular flexibility index (Phi) is 3.38. The second kappa shape index (κ2) is 5.17. The molecule has 2 unspecified atom stereocenters. The molecule has 0 spiro atoms. The van der Waals surface area contributed by atoms with E-state index < -0.39 is 0 Å². The van der Waals surface area contributed by atoms with Gasteiger partial charge in [-0.3, -0.25) is 4.98 Å². The minimum absolute atomic E-state index is 0.689. The van der Waals surface area contributed by atoms with Crippen LogP contribution in [0.1, 0.15) is 31.9 Å². The SMILES string of the molecule is CCCC1CC1NCc1cc(N)c2ccccc2n1. The highest BCUT2D eigenvalue weighted by molar-refractivity contribution is 5.90. The van der Waals surface area contributed by atoms with Crippen LogP contribution in [0.25, 0.3) is 10.9 Å². The molecule has 1 saturated carbocycles. The van der Waals surface area contributed by atoms with E-state index in [9.17, 15) is 0 Å². The third-order valence-corrected chi connectivity index (χ3v) is 3.93. The van der Waals surface area contributed by atoms with E-state index >= 15 is 0 Å². The number of nitrogen functional groups attached to an aromatic ring is 1. The summed E-state index contributed by atoms with van der Waals surface area (Å²) in [6.45, 7) is 3.07. The molecule has 0 bridgehead atoms. The van der Waals surface area contributed by atoms with Crippen LogP contribution in [0, 0.1) is 5.92 Å². The normalized spacial score (nSPS) is 21.7. The molecule has 1 aromatic carbocycles. The molecule has 3 nitrogen and oxygen atoms in total. The third kappa shape index (κ3) is 2.71. The summed E-state index contributed by atoms with van der Waals surface area (Å²) in [6.07, 6.45) is 3.94. The number of aromatic nitrogens is 1. The summed E-state index contributed by atoms with van der Waals surface area (Å²) in [5.74, 6) is 0.878. The van der Waals surface area contributed by atoms with Gasteiger partial charge in [-0.25, -0.2) is 0 Å². The van der Waals surface area contributed by atoms with Crippen LogP contribution >= 0.6 is 0 Å². The van der Waals surface area contributed by atoms with Crippen molar-refractivity contribution in [2.75, 3.05) is 5.73 Å². The zero-order chi connectivity index (χ0) is 13.2. The van der Waals surface area contributed by atoms with Crippen molar-refractivity contribution in [2.24, 2.45) is 5.92 Å². The number of hydrogen-bond acceptors (Lipinski definition) is 3. The number of nitrogens with one attached hydrogen (secondary N) is 1. The first-order valence-electron chi connectivity index (χ1n) is 7.15. The van der Waals surface area contributed by atoms with Crippen LogP contribution < -0.4 is 11.1 Å². The standard InChI is InChI=1S/C16H21N3/c1-2-5-11-8-16(11)18-10-12-9-14(17)13-6-3-4-7-15(13)19-12/h3-4,6-7,9,11,16,18H,2,5,8,10H2,1H3,(H2,17,19). The minimum Gasteiger partial charge on any atom is -0.398 e. The van der Waals surface area contributed by atoms with E-state index in [2.05, 4.69) is 17.2 Å². The maximum atomic E-state index is 6.09. The van der Waals surface area contributed by atoms with Crippen LogP contribution in [0.2, 0.25) is 0 Å². The summed E-state index contributed by atoms with van der Waals surface area (Å²) < 4.78 is 0. The highest BCUT2D eigenvalue weighted by atomic mass is 15.0. The lowest BCUT2D eigenvalue weighted by Crippen LogP contribution is -2.18. The summed E-state index contributed by atoms with van der Waals surface area (Å²) in [5.41, 5.74) is 8.94. The first-order valence-corrected chi connectivity index (χ1v) is 7.15. The van der Waals surface area contributed by atoms with E-state index in [1.807, 2.05) is 30.3 Å². The number of rotatable bonds is 5. The molecule has 2 aromatic rings. The number of nitrogens with zero attached hydrogens (tertiary/aromatic N) is 1. The second-order valence-electron chi connectivity index (χ2n) is 5.49. The number of fused-ring (bicyclic) bond motifs is 1. The maximum absolute atomic E-state index is 6.09. The van der Waals surface area contributed by atoms with E-state index in [-0.39, 0.29) is 0 Å². The Morgan fingerprint density at radius 2 is 2.21 bits per heavy atom. The fourth-order valence-corrected chi connectivity index (χ4v) is 2.77. The van der Waals surface area contributed by atoms with Crippen LogP contribution in [0.15, 0.2) is 30.3 Å². The van der Waals surface area contributed by atoms with Gasteiger partial charge >= 0.3 is 0 Å². The number of anilines is 1. The molecule has 100 valence electrons. The van der Waals surface area contributed by atoms with Gasteiger partial charge in [0.15, 0.2) is 0 Å². The topological polar surface area (TPSA) is 50.9 Å². The molecule has 1 aliphatic carbocycles. The summed E-state index contributed by atoms with van der Waals surface area (Å²) in [4.78, 5) is 4.66. The lowest BCUT2D eigenvalue weighted by Gasteiger charge is -2.07. The monoisotopic (exact) mass is 255 g/mol. The molecule has 3 heteroatoms. The van der Waals surface area contributed by atoms with Crippen molar-refractivity contribution in [2.45, 2.75) is 38.8 Å². The van der Waals surface area contributed by atoms with Gasteiger partial charge < -0.3 is 11.1 Å². The van der Waals surface area contributed by atoms with Crippen LogP contribution in [-0.4, -0.2) is 11.0 Å². The Hall–Kier alpha value is -1.61. The Bertz CT molecular complexity index is 579. The van der Waals surface area contributed by atoms with Gasteiger partial charge in [0.25, 0.3) is 0 Å². The summed E-state index contributed by atoms with van der Waals surface area (Å²) in [5, 5.41) is 4.62. The molecule has 0 saturated heterocycles. The summed E-state index contributed by atoms with van der Waals surface area (Å²) >= 11 is 0. The predicted octanol–water partition coefficient (Wildman–Crippen LogP) is 3.10. The first kappa shape index (κ1) is 12.4. The molecule has 1 aliphatic rings. The predicted molar refractivity (Wildman–Crippen MR) is 79.8 cm³/mol. The smallest absolute Gasteiger partial charge is 0.0726 e. The Labute approximate surface area is 114 Å². The van der Waals surface area contributed by atoms with Crippen LogP contribution in [0.3, 0.4) is 0 Å². The van der Waals surface area contributed by atoms with Gasteiger partial charge in [0.1, 0.15) is 0 Å². The van der Waals surface area contributed by atoms with Gasteiger partial charge in [-0.15, -0.1) is 0 Å². The van der Waals surface area contributed by atoms with Crippen molar-refractivity contribution in [1.82, 2.24) is 10.3 Å².